The minimum Gasteiger partial charge on any atom is -0.465 e. The van der Waals surface area contributed by atoms with Crippen LogP contribution >= 0.6 is 22.9 Å². The van der Waals surface area contributed by atoms with Crippen LogP contribution < -0.4 is 5.56 Å². The van der Waals surface area contributed by atoms with Gasteiger partial charge in [0.2, 0.25) is 0 Å². The van der Waals surface area contributed by atoms with Crippen LogP contribution in [0.4, 0.5) is 0 Å². The molecule has 1 aliphatic carbocycles. The molecule has 0 aromatic carbocycles. The smallest absolute Gasteiger partial charge is 0.327 e. The van der Waals surface area contributed by atoms with Gasteiger partial charge < -0.3 is 4.74 Å². The van der Waals surface area contributed by atoms with E-state index < -0.39 is 11.4 Å². The molecule has 114 valence electrons. The van der Waals surface area contributed by atoms with Crippen molar-refractivity contribution in [3.63, 3.8) is 0 Å². The van der Waals surface area contributed by atoms with Gasteiger partial charge >= 0.3 is 5.97 Å². The molecule has 22 heavy (non-hydrogen) atoms. The first-order valence-corrected chi connectivity index (χ1v) is 8.13. The Bertz CT molecular complexity index is 853. The van der Waals surface area contributed by atoms with Crippen LogP contribution in [0.15, 0.2) is 16.2 Å². The number of ether oxygens (including phenoxy) is 1. The molecular formula is C14H12ClN3O3S. The van der Waals surface area contributed by atoms with Crippen molar-refractivity contribution in [2.75, 3.05) is 6.61 Å². The van der Waals surface area contributed by atoms with E-state index in [2.05, 4.69) is 11.1 Å². The van der Waals surface area contributed by atoms with Crippen molar-refractivity contribution in [2.24, 2.45) is 5.41 Å². The molecule has 0 saturated heterocycles. The highest BCUT2D eigenvalue weighted by atomic mass is 35.5. The van der Waals surface area contributed by atoms with Crippen LogP contribution in [-0.2, 0) is 15.4 Å². The third-order valence-electron chi connectivity index (χ3n) is 3.78. The number of alkyl halides is 1. The third kappa shape index (κ3) is 2.11. The maximum absolute atomic E-state index is 12.2. The summed E-state index contributed by atoms with van der Waals surface area (Å²) in [6, 6.07) is 3.43. The molecule has 0 radical (unpaired) electrons. The molecule has 3 rings (SSSR count). The van der Waals surface area contributed by atoms with Crippen molar-refractivity contribution in [2.45, 2.75) is 25.1 Å². The normalized spacial score (nSPS) is 23.2. The number of nitriles is 1. The zero-order chi connectivity index (χ0) is 15.9. The van der Waals surface area contributed by atoms with Gasteiger partial charge in [0, 0.05) is 23.1 Å². The number of nitrogens with zero attached hydrogens (tertiary/aromatic N) is 3. The molecule has 2 atom stereocenters. The summed E-state index contributed by atoms with van der Waals surface area (Å²) >= 11 is 7.01. The zero-order valence-corrected chi connectivity index (χ0v) is 13.3. The van der Waals surface area contributed by atoms with Gasteiger partial charge in [-0.3, -0.25) is 14.0 Å². The van der Waals surface area contributed by atoms with Crippen molar-refractivity contribution < 1.29 is 9.53 Å². The molecule has 0 unspecified atom stereocenters. The van der Waals surface area contributed by atoms with Crippen molar-refractivity contribution in [3.05, 3.63) is 33.2 Å². The highest BCUT2D eigenvalue weighted by Gasteiger charge is 2.64. The molecule has 1 fully saturated rings. The summed E-state index contributed by atoms with van der Waals surface area (Å²) in [6.07, 6.45) is 0.359. The number of hydrogen-bond donors (Lipinski definition) is 0. The number of aromatic nitrogens is 2. The summed E-state index contributed by atoms with van der Waals surface area (Å²) in [4.78, 5) is 29.1. The van der Waals surface area contributed by atoms with Gasteiger partial charge in [0.1, 0.15) is 0 Å². The van der Waals surface area contributed by atoms with Crippen molar-refractivity contribution >= 4 is 33.9 Å². The second-order valence-corrected chi connectivity index (χ2v) is 6.16. The maximum Gasteiger partial charge on any atom is 0.327 e. The SMILES string of the molecule is CCOC(=O)[C@]1(C#N)C[C@H]1c1csc2nc(CCl)cc(=O)n12. The van der Waals surface area contributed by atoms with E-state index in [4.69, 9.17) is 16.3 Å². The number of halogens is 1. The molecule has 2 aromatic rings. The van der Waals surface area contributed by atoms with Gasteiger partial charge in [-0.1, -0.05) is 0 Å². The molecule has 8 heteroatoms. The fraction of sp³-hybridized carbons (Fsp3) is 0.429. The van der Waals surface area contributed by atoms with E-state index in [-0.39, 0.29) is 24.0 Å². The maximum atomic E-state index is 12.2. The van der Waals surface area contributed by atoms with E-state index in [1.54, 1.807) is 12.3 Å². The van der Waals surface area contributed by atoms with Crippen LogP contribution in [0.5, 0.6) is 0 Å². The second-order valence-electron chi connectivity index (χ2n) is 5.06. The van der Waals surface area contributed by atoms with Crippen LogP contribution in [0.25, 0.3) is 4.96 Å². The van der Waals surface area contributed by atoms with E-state index >= 15 is 0 Å². The van der Waals surface area contributed by atoms with Crippen molar-refractivity contribution in [1.82, 2.24) is 9.38 Å². The summed E-state index contributed by atoms with van der Waals surface area (Å²) < 4.78 is 6.44. The van der Waals surface area contributed by atoms with Crippen molar-refractivity contribution in [1.29, 1.82) is 5.26 Å². The minimum atomic E-state index is -1.19. The average Bonchev–Trinajstić information content (AvgIpc) is 3.11. The van der Waals surface area contributed by atoms with Crippen LogP contribution in [0.3, 0.4) is 0 Å². The summed E-state index contributed by atoms with van der Waals surface area (Å²) in [5.41, 5.74) is -0.297. The Morgan fingerprint density at radius 1 is 1.73 bits per heavy atom. The first-order chi connectivity index (χ1) is 10.6. The lowest BCUT2D eigenvalue weighted by atomic mass is 10.1. The Balaban J connectivity index is 2.05. The highest BCUT2D eigenvalue weighted by molar-refractivity contribution is 7.15. The predicted molar refractivity (Wildman–Crippen MR) is 80.9 cm³/mol. The topological polar surface area (TPSA) is 84.5 Å². The van der Waals surface area contributed by atoms with Crippen LogP contribution in [-0.4, -0.2) is 22.0 Å². The Morgan fingerprint density at radius 3 is 3.14 bits per heavy atom. The zero-order valence-electron chi connectivity index (χ0n) is 11.7. The highest BCUT2D eigenvalue weighted by Crippen LogP contribution is 2.59. The fourth-order valence-corrected chi connectivity index (χ4v) is 3.67. The third-order valence-corrected chi connectivity index (χ3v) is 4.90. The molecule has 6 nitrogen and oxygen atoms in total. The quantitative estimate of drug-likeness (QED) is 0.629. The monoisotopic (exact) mass is 337 g/mol. The average molecular weight is 338 g/mol. The molecular weight excluding hydrogens is 326 g/mol. The molecule has 2 heterocycles. The van der Waals surface area contributed by atoms with Crippen molar-refractivity contribution in [3.8, 4) is 6.07 Å². The van der Waals surface area contributed by atoms with Gasteiger partial charge in [-0.25, -0.2) is 4.98 Å². The Kier molecular flexibility index (Phi) is 3.67. The number of esters is 1. The van der Waals surface area contributed by atoms with Gasteiger partial charge in [0.05, 0.1) is 24.3 Å². The first kappa shape index (κ1) is 15.0. The van der Waals surface area contributed by atoms with Gasteiger partial charge in [-0.2, -0.15) is 5.26 Å². The standard InChI is InChI=1S/C14H12ClN3O3S/c1-2-21-12(20)14(7-16)4-9(14)10-6-22-13-17-8(5-15)3-11(19)18(10)13/h3,6,9H,2,4-5H2,1H3/t9-,14-/m0/s1. The number of hydrogen-bond acceptors (Lipinski definition) is 6. The van der Waals surface area contributed by atoms with Crippen LogP contribution in [0.2, 0.25) is 0 Å². The van der Waals surface area contributed by atoms with E-state index in [1.165, 1.54) is 21.8 Å². The van der Waals surface area contributed by atoms with E-state index in [0.717, 1.165) is 0 Å². The van der Waals surface area contributed by atoms with Gasteiger partial charge in [0.15, 0.2) is 10.4 Å². The minimum absolute atomic E-state index is 0.160. The fourth-order valence-electron chi connectivity index (χ4n) is 2.57. The summed E-state index contributed by atoms with van der Waals surface area (Å²) in [6.45, 7) is 1.92. The molecule has 0 bridgehead atoms. The largest absolute Gasteiger partial charge is 0.465 e. The summed E-state index contributed by atoms with van der Waals surface area (Å²) in [5, 5.41) is 11.1. The first-order valence-electron chi connectivity index (χ1n) is 6.72. The molecule has 0 amide bonds. The molecule has 1 aliphatic rings. The molecule has 2 aromatic heterocycles. The Labute approximate surface area is 134 Å². The predicted octanol–water partition coefficient (Wildman–Crippen LogP) is 2.06. The molecule has 0 aliphatic heterocycles. The van der Waals surface area contributed by atoms with E-state index in [0.29, 0.717) is 22.8 Å². The van der Waals surface area contributed by atoms with E-state index in [1.807, 2.05) is 0 Å². The van der Waals surface area contributed by atoms with Crippen LogP contribution in [0, 0.1) is 16.7 Å². The van der Waals surface area contributed by atoms with Gasteiger partial charge in [-0.05, 0) is 13.3 Å². The lowest BCUT2D eigenvalue weighted by Gasteiger charge is -2.07. The van der Waals surface area contributed by atoms with Gasteiger partial charge in [-0.15, -0.1) is 22.9 Å². The van der Waals surface area contributed by atoms with Gasteiger partial charge in [0.25, 0.3) is 5.56 Å². The molecule has 0 spiro atoms. The number of carbonyl (C=O) groups excluding carboxylic acids is 1. The second kappa shape index (κ2) is 5.38. The Hall–Kier alpha value is -1.91. The van der Waals surface area contributed by atoms with E-state index in [9.17, 15) is 14.9 Å². The summed E-state index contributed by atoms with van der Waals surface area (Å²) in [7, 11) is 0. The Morgan fingerprint density at radius 2 is 2.50 bits per heavy atom. The number of carbonyl (C=O) groups is 1. The lowest BCUT2D eigenvalue weighted by Crippen LogP contribution is -2.21. The lowest BCUT2D eigenvalue weighted by molar-refractivity contribution is -0.147. The molecule has 0 N–H and O–H groups in total. The molecule has 1 saturated carbocycles. The van der Waals surface area contributed by atoms with Crippen LogP contribution in [0.1, 0.15) is 30.7 Å². The number of fused-ring (bicyclic) bond motifs is 1. The number of thiazole rings is 1. The summed E-state index contributed by atoms with van der Waals surface area (Å²) in [5.74, 6) is -0.709. The number of rotatable bonds is 4.